The molecule has 1 aliphatic carbocycles. The topological polar surface area (TPSA) is 26.3 Å². The molecule has 0 N–H and O–H groups in total. The highest BCUT2D eigenvalue weighted by Gasteiger charge is 2.18. The Hall–Kier alpha value is -1.15. The Labute approximate surface area is 103 Å². The largest absolute Gasteiger partial charge is 0.378 e. The number of Topliss-reactive ketones (excluding diaryl/α,β-unsaturated/α-hetero) is 1. The van der Waals surface area contributed by atoms with Crippen LogP contribution in [0.1, 0.15) is 37.7 Å². The predicted octanol–water partition coefficient (Wildman–Crippen LogP) is 3.15. The lowest BCUT2D eigenvalue weighted by Crippen LogP contribution is -2.22. The van der Waals surface area contributed by atoms with Crippen LogP contribution in [0.2, 0.25) is 0 Å². The van der Waals surface area contributed by atoms with Crippen molar-refractivity contribution in [3.05, 3.63) is 35.9 Å². The molecular weight excluding hydrogens is 212 g/mol. The van der Waals surface area contributed by atoms with Crippen LogP contribution in [0.25, 0.3) is 0 Å². The van der Waals surface area contributed by atoms with Gasteiger partial charge in [0, 0.05) is 19.4 Å². The normalized spacial score (nSPS) is 17.3. The summed E-state index contributed by atoms with van der Waals surface area (Å²) in [7, 11) is 0. The smallest absolute Gasteiger partial charge is 0.133 e. The van der Waals surface area contributed by atoms with Gasteiger partial charge in [0.1, 0.15) is 5.78 Å². The first-order valence-corrected chi connectivity index (χ1v) is 6.52. The lowest BCUT2D eigenvalue weighted by molar-refractivity contribution is -0.123. The van der Waals surface area contributed by atoms with Gasteiger partial charge in [-0.1, -0.05) is 30.3 Å². The maximum Gasteiger partial charge on any atom is 0.133 e. The zero-order valence-corrected chi connectivity index (χ0v) is 10.2. The summed E-state index contributed by atoms with van der Waals surface area (Å²) >= 11 is 0. The molecule has 0 saturated heterocycles. The fourth-order valence-corrected chi connectivity index (χ4v) is 2.25. The van der Waals surface area contributed by atoms with Crippen molar-refractivity contribution in [3.63, 3.8) is 0 Å². The van der Waals surface area contributed by atoms with Crippen LogP contribution in [0.15, 0.2) is 30.3 Å². The van der Waals surface area contributed by atoms with Crippen LogP contribution in [0, 0.1) is 0 Å². The van der Waals surface area contributed by atoms with Crippen LogP contribution in [0.3, 0.4) is 0 Å². The monoisotopic (exact) mass is 232 g/mol. The summed E-state index contributed by atoms with van der Waals surface area (Å²) in [5.74, 6) is 0.397. The molecule has 1 saturated carbocycles. The van der Waals surface area contributed by atoms with E-state index in [1.54, 1.807) is 0 Å². The average molecular weight is 232 g/mol. The van der Waals surface area contributed by atoms with Crippen LogP contribution < -0.4 is 0 Å². The van der Waals surface area contributed by atoms with E-state index < -0.39 is 0 Å². The number of carbonyl (C=O) groups is 1. The van der Waals surface area contributed by atoms with Crippen LogP contribution >= 0.6 is 0 Å². The first-order chi connectivity index (χ1) is 8.34. The quantitative estimate of drug-likeness (QED) is 0.729. The highest BCUT2D eigenvalue weighted by molar-refractivity contribution is 5.79. The Morgan fingerprint density at radius 2 is 1.82 bits per heavy atom. The van der Waals surface area contributed by atoms with Crippen LogP contribution in [-0.4, -0.2) is 18.5 Å². The van der Waals surface area contributed by atoms with Crippen molar-refractivity contribution in [2.75, 3.05) is 6.61 Å². The Morgan fingerprint density at radius 1 is 1.12 bits per heavy atom. The van der Waals surface area contributed by atoms with Crippen LogP contribution in [0.4, 0.5) is 0 Å². The van der Waals surface area contributed by atoms with E-state index in [-0.39, 0.29) is 0 Å². The molecule has 2 heteroatoms. The summed E-state index contributed by atoms with van der Waals surface area (Å²) in [6.07, 6.45) is 5.73. The highest BCUT2D eigenvalue weighted by atomic mass is 16.5. The Morgan fingerprint density at radius 3 is 2.53 bits per heavy atom. The lowest BCUT2D eigenvalue weighted by Gasteiger charge is -2.21. The van der Waals surface area contributed by atoms with Crippen molar-refractivity contribution in [1.29, 1.82) is 0 Å². The van der Waals surface area contributed by atoms with Crippen LogP contribution in [0.5, 0.6) is 0 Å². The van der Waals surface area contributed by atoms with Crippen molar-refractivity contribution >= 4 is 5.78 Å². The first-order valence-electron chi connectivity index (χ1n) is 6.52. The van der Waals surface area contributed by atoms with Gasteiger partial charge in [-0.2, -0.15) is 0 Å². The number of carbonyl (C=O) groups excluding carboxylic acids is 1. The van der Waals surface area contributed by atoms with Crippen molar-refractivity contribution in [3.8, 4) is 0 Å². The Balaban J connectivity index is 1.59. The zero-order chi connectivity index (χ0) is 11.9. The van der Waals surface area contributed by atoms with Gasteiger partial charge in [0.05, 0.1) is 6.10 Å². The molecule has 0 amide bonds. The summed E-state index contributed by atoms with van der Waals surface area (Å²) in [5.41, 5.74) is 1.37. The van der Waals surface area contributed by atoms with Crippen molar-refractivity contribution in [2.45, 2.75) is 44.6 Å². The molecule has 2 nitrogen and oxygen atoms in total. The van der Waals surface area contributed by atoms with E-state index in [1.807, 2.05) is 6.07 Å². The third-order valence-electron chi connectivity index (χ3n) is 3.30. The molecule has 0 radical (unpaired) electrons. The molecule has 0 heterocycles. The number of ether oxygens (including phenoxy) is 1. The van der Waals surface area contributed by atoms with E-state index in [2.05, 4.69) is 24.3 Å². The predicted molar refractivity (Wildman–Crippen MR) is 68.0 cm³/mol. The molecule has 92 valence electrons. The second-order valence-electron chi connectivity index (χ2n) is 4.70. The standard InChI is InChI=1S/C15H20O2/c16-14-8-10-15(11-9-14)17-12-4-7-13-5-2-1-3-6-13/h1-3,5-6,15H,4,7-12H2. The van der Waals surface area contributed by atoms with Crippen LogP contribution in [-0.2, 0) is 16.0 Å². The molecule has 0 aliphatic heterocycles. The van der Waals surface area contributed by atoms with Gasteiger partial charge in [0.15, 0.2) is 0 Å². The SMILES string of the molecule is O=C1CCC(OCCCc2ccccc2)CC1. The molecule has 1 fully saturated rings. The van der Waals surface area contributed by atoms with Gasteiger partial charge in [-0.3, -0.25) is 4.79 Å². The molecule has 0 bridgehead atoms. The summed E-state index contributed by atoms with van der Waals surface area (Å²) in [6, 6.07) is 10.5. The first kappa shape index (κ1) is 12.3. The van der Waals surface area contributed by atoms with Gasteiger partial charge >= 0.3 is 0 Å². The number of benzene rings is 1. The van der Waals surface area contributed by atoms with Gasteiger partial charge in [0.2, 0.25) is 0 Å². The van der Waals surface area contributed by atoms with E-state index in [0.717, 1.165) is 32.3 Å². The van der Waals surface area contributed by atoms with E-state index in [1.165, 1.54) is 5.56 Å². The van der Waals surface area contributed by atoms with E-state index in [4.69, 9.17) is 4.74 Å². The molecule has 1 aromatic rings. The summed E-state index contributed by atoms with van der Waals surface area (Å²) < 4.78 is 5.80. The van der Waals surface area contributed by atoms with Crippen molar-refractivity contribution in [1.82, 2.24) is 0 Å². The molecular formula is C15H20O2. The molecule has 17 heavy (non-hydrogen) atoms. The van der Waals surface area contributed by atoms with Crippen molar-refractivity contribution < 1.29 is 9.53 Å². The number of aryl methyl sites for hydroxylation is 1. The minimum absolute atomic E-state index is 0.323. The zero-order valence-electron chi connectivity index (χ0n) is 10.2. The minimum atomic E-state index is 0.323. The summed E-state index contributed by atoms with van der Waals surface area (Å²) in [5, 5.41) is 0. The molecule has 0 spiro atoms. The number of hydrogen-bond donors (Lipinski definition) is 0. The Bertz CT molecular complexity index is 335. The van der Waals surface area contributed by atoms with Gasteiger partial charge in [-0.05, 0) is 31.2 Å². The van der Waals surface area contributed by atoms with Crippen molar-refractivity contribution in [2.24, 2.45) is 0 Å². The molecule has 1 aliphatic rings. The van der Waals surface area contributed by atoms with Gasteiger partial charge in [-0.15, -0.1) is 0 Å². The summed E-state index contributed by atoms with van der Waals surface area (Å²) in [4.78, 5) is 11.1. The maximum absolute atomic E-state index is 11.1. The molecule has 1 aromatic carbocycles. The second kappa shape index (κ2) is 6.55. The van der Waals surface area contributed by atoms with E-state index in [0.29, 0.717) is 24.7 Å². The average Bonchev–Trinajstić information content (AvgIpc) is 2.38. The maximum atomic E-state index is 11.1. The van der Waals surface area contributed by atoms with Gasteiger partial charge < -0.3 is 4.74 Å². The molecule has 0 aromatic heterocycles. The summed E-state index contributed by atoms with van der Waals surface area (Å²) in [6.45, 7) is 0.813. The molecule has 0 unspecified atom stereocenters. The lowest BCUT2D eigenvalue weighted by atomic mass is 9.96. The third kappa shape index (κ3) is 4.31. The van der Waals surface area contributed by atoms with E-state index in [9.17, 15) is 4.79 Å². The minimum Gasteiger partial charge on any atom is -0.378 e. The molecule has 2 rings (SSSR count). The number of hydrogen-bond acceptors (Lipinski definition) is 2. The highest BCUT2D eigenvalue weighted by Crippen LogP contribution is 2.18. The van der Waals surface area contributed by atoms with Gasteiger partial charge in [-0.25, -0.2) is 0 Å². The number of rotatable bonds is 5. The fourth-order valence-electron chi connectivity index (χ4n) is 2.25. The number of ketones is 1. The second-order valence-corrected chi connectivity index (χ2v) is 4.70. The Kier molecular flexibility index (Phi) is 4.75. The van der Waals surface area contributed by atoms with Gasteiger partial charge in [0.25, 0.3) is 0 Å². The molecule has 0 atom stereocenters. The third-order valence-corrected chi connectivity index (χ3v) is 3.30. The fraction of sp³-hybridized carbons (Fsp3) is 0.533. The van der Waals surface area contributed by atoms with E-state index >= 15 is 0 Å².